The predicted octanol–water partition coefficient (Wildman–Crippen LogP) is 7.25. The van der Waals surface area contributed by atoms with Gasteiger partial charge in [-0.3, -0.25) is 14.8 Å². The number of benzene rings is 2. The summed E-state index contributed by atoms with van der Waals surface area (Å²) in [6, 6.07) is 9.35. The molecule has 41 heavy (non-hydrogen) atoms. The number of halogens is 3. The molecule has 5 aromatic rings. The summed E-state index contributed by atoms with van der Waals surface area (Å²) in [5.41, 5.74) is 5.42. The number of amides is 1. The Kier molecular flexibility index (Phi) is 7.96. The van der Waals surface area contributed by atoms with Crippen molar-refractivity contribution in [3.8, 4) is 11.1 Å². The molecule has 1 saturated heterocycles. The van der Waals surface area contributed by atoms with E-state index in [-0.39, 0.29) is 18.3 Å². The number of nitrogens with one attached hydrogen (secondary N) is 1. The Bertz CT molecular complexity index is 1710. The maximum absolute atomic E-state index is 13.7. The van der Waals surface area contributed by atoms with Gasteiger partial charge in [0, 0.05) is 48.5 Å². The van der Waals surface area contributed by atoms with Crippen LogP contribution >= 0.6 is 46.9 Å². The fourth-order valence-corrected chi connectivity index (χ4v) is 6.93. The van der Waals surface area contributed by atoms with E-state index in [1.807, 2.05) is 36.1 Å². The second-order valence-corrected chi connectivity index (χ2v) is 12.0. The van der Waals surface area contributed by atoms with E-state index in [0.29, 0.717) is 21.4 Å². The lowest BCUT2D eigenvalue weighted by Crippen LogP contribution is -2.29. The number of thiazole rings is 1. The zero-order chi connectivity index (χ0) is 27.2. The van der Waals surface area contributed by atoms with Gasteiger partial charge in [-0.15, -0.1) is 23.7 Å². The van der Waals surface area contributed by atoms with Crippen molar-refractivity contribution in [3.05, 3.63) is 75.9 Å². The summed E-state index contributed by atoms with van der Waals surface area (Å²) in [5, 5.41) is 12.2. The number of hydrogen-bond donors (Lipinski definition) is 1. The molecule has 2 aliphatic rings. The molecule has 7 rings (SSSR count). The summed E-state index contributed by atoms with van der Waals surface area (Å²) in [7, 11) is 0. The Morgan fingerprint density at radius 2 is 1.80 bits per heavy atom. The Morgan fingerprint density at radius 3 is 2.59 bits per heavy atom. The molecule has 0 spiro atoms. The number of carbonyl (C=O) groups excluding carboxylic acids is 1. The standard InChI is InChI=1S/C29H27Cl2N7OS.ClH/c30-21-14-19(18-6-7-24(22(31)13-18)36-9-2-1-3-10-36)15-23-20(21)16-38(35-23)27(28(39)34-29-32-8-12-40-29)26-25-5-4-11-37(25)17-33-26;/h6-8,12-17,27H,1-5,9-11H2,(H,32,34,39);1H. The van der Waals surface area contributed by atoms with Crippen molar-refractivity contribution in [2.24, 2.45) is 0 Å². The molecule has 5 heterocycles. The number of carbonyl (C=O) groups is 1. The minimum absolute atomic E-state index is 0. The van der Waals surface area contributed by atoms with Gasteiger partial charge in [0.15, 0.2) is 11.2 Å². The first-order chi connectivity index (χ1) is 19.5. The van der Waals surface area contributed by atoms with Crippen LogP contribution in [0.3, 0.4) is 0 Å². The molecule has 1 atom stereocenters. The van der Waals surface area contributed by atoms with Crippen LogP contribution in [0, 0.1) is 0 Å². The monoisotopic (exact) mass is 627 g/mol. The maximum atomic E-state index is 13.7. The molecule has 1 amide bonds. The molecule has 1 N–H and O–H groups in total. The highest BCUT2D eigenvalue weighted by molar-refractivity contribution is 7.13. The topological polar surface area (TPSA) is 80.9 Å². The summed E-state index contributed by atoms with van der Waals surface area (Å²) in [6.45, 7) is 2.97. The number of fused-ring (bicyclic) bond motifs is 2. The van der Waals surface area contributed by atoms with E-state index >= 15 is 0 Å². The van der Waals surface area contributed by atoms with Gasteiger partial charge in [0.2, 0.25) is 0 Å². The average Bonchev–Trinajstić information content (AvgIpc) is 3.76. The van der Waals surface area contributed by atoms with Crippen LogP contribution in [0.1, 0.15) is 43.1 Å². The van der Waals surface area contributed by atoms with Gasteiger partial charge in [0.1, 0.15) is 0 Å². The minimum atomic E-state index is -0.761. The largest absolute Gasteiger partial charge is 0.370 e. The Hall–Kier alpha value is -3.11. The molecule has 2 aliphatic heterocycles. The Morgan fingerprint density at radius 1 is 0.976 bits per heavy atom. The van der Waals surface area contributed by atoms with Gasteiger partial charge in [0.05, 0.1) is 33.3 Å². The normalized spacial score (nSPS) is 15.5. The summed E-state index contributed by atoms with van der Waals surface area (Å²) < 4.78 is 3.79. The number of imidazole rings is 1. The smallest absolute Gasteiger partial charge is 0.257 e. The van der Waals surface area contributed by atoms with Gasteiger partial charge in [-0.05, 0) is 67.5 Å². The van der Waals surface area contributed by atoms with Gasteiger partial charge in [-0.2, -0.15) is 5.10 Å². The lowest BCUT2D eigenvalue weighted by molar-refractivity contribution is -0.118. The van der Waals surface area contributed by atoms with Crippen molar-refractivity contribution >= 4 is 74.6 Å². The molecule has 0 radical (unpaired) electrons. The number of nitrogens with zero attached hydrogens (tertiary/aromatic N) is 6. The van der Waals surface area contributed by atoms with Crippen LogP contribution in [-0.4, -0.2) is 43.3 Å². The number of aryl methyl sites for hydroxylation is 1. The van der Waals surface area contributed by atoms with Crippen molar-refractivity contribution in [2.45, 2.75) is 44.7 Å². The quantitative estimate of drug-likeness (QED) is 0.214. The van der Waals surface area contributed by atoms with E-state index in [1.165, 1.54) is 30.6 Å². The first-order valence-corrected chi connectivity index (χ1v) is 15.2. The van der Waals surface area contributed by atoms with E-state index in [2.05, 4.69) is 36.9 Å². The summed E-state index contributed by atoms with van der Waals surface area (Å²) in [5.74, 6) is -0.243. The van der Waals surface area contributed by atoms with Gasteiger partial charge in [-0.1, -0.05) is 29.3 Å². The van der Waals surface area contributed by atoms with Gasteiger partial charge < -0.3 is 9.47 Å². The van der Waals surface area contributed by atoms with Gasteiger partial charge in [-0.25, -0.2) is 9.97 Å². The molecule has 3 aromatic heterocycles. The van der Waals surface area contributed by atoms with Crippen LogP contribution in [0.25, 0.3) is 22.0 Å². The molecule has 0 bridgehead atoms. The molecule has 212 valence electrons. The van der Waals surface area contributed by atoms with Crippen molar-refractivity contribution in [3.63, 3.8) is 0 Å². The fraction of sp³-hybridized carbons (Fsp3) is 0.310. The minimum Gasteiger partial charge on any atom is -0.370 e. The van der Waals surface area contributed by atoms with Crippen molar-refractivity contribution < 1.29 is 4.79 Å². The SMILES string of the molecule is Cl.O=C(Nc1nccs1)C(c1ncn2c1CCC2)n1cc2c(Cl)cc(-c3ccc(N4CCCCC4)c(Cl)c3)cc2n1. The highest BCUT2D eigenvalue weighted by Crippen LogP contribution is 2.37. The second kappa shape index (κ2) is 11.6. The van der Waals surface area contributed by atoms with Crippen LogP contribution in [0.5, 0.6) is 0 Å². The van der Waals surface area contributed by atoms with Crippen LogP contribution < -0.4 is 10.2 Å². The molecular weight excluding hydrogens is 601 g/mol. The predicted molar refractivity (Wildman–Crippen MR) is 168 cm³/mol. The second-order valence-electron chi connectivity index (χ2n) is 10.3. The Labute approximate surface area is 257 Å². The van der Waals surface area contributed by atoms with E-state index < -0.39 is 6.04 Å². The third kappa shape index (κ3) is 5.32. The van der Waals surface area contributed by atoms with E-state index in [4.69, 9.17) is 28.3 Å². The third-order valence-electron chi connectivity index (χ3n) is 7.80. The molecule has 1 unspecified atom stereocenters. The molecule has 12 heteroatoms. The fourth-order valence-electron chi connectivity index (χ4n) is 5.84. The maximum Gasteiger partial charge on any atom is 0.257 e. The number of hydrogen-bond acceptors (Lipinski definition) is 6. The van der Waals surface area contributed by atoms with Gasteiger partial charge >= 0.3 is 0 Å². The lowest BCUT2D eigenvalue weighted by Gasteiger charge is -2.29. The molecular formula is C29H28Cl3N7OS. The van der Waals surface area contributed by atoms with Crippen molar-refractivity contribution in [1.29, 1.82) is 0 Å². The molecule has 8 nitrogen and oxygen atoms in total. The highest BCUT2D eigenvalue weighted by atomic mass is 35.5. The average molecular weight is 629 g/mol. The zero-order valence-corrected chi connectivity index (χ0v) is 25.2. The number of anilines is 2. The molecule has 0 saturated carbocycles. The molecule has 0 aliphatic carbocycles. The first kappa shape index (κ1) is 28.0. The number of rotatable bonds is 6. The number of aromatic nitrogens is 5. The van der Waals surface area contributed by atoms with Gasteiger partial charge in [0.25, 0.3) is 5.91 Å². The van der Waals surface area contributed by atoms with Crippen LogP contribution in [0.2, 0.25) is 10.0 Å². The van der Waals surface area contributed by atoms with E-state index in [0.717, 1.165) is 65.4 Å². The first-order valence-electron chi connectivity index (χ1n) is 13.5. The molecule has 2 aromatic carbocycles. The van der Waals surface area contributed by atoms with E-state index in [1.54, 1.807) is 10.9 Å². The van der Waals surface area contributed by atoms with Crippen molar-refractivity contribution in [1.82, 2.24) is 24.3 Å². The highest BCUT2D eigenvalue weighted by Gasteiger charge is 2.32. The van der Waals surface area contributed by atoms with Crippen LogP contribution in [0.15, 0.2) is 54.4 Å². The van der Waals surface area contributed by atoms with E-state index in [9.17, 15) is 4.79 Å². The molecule has 1 fully saturated rings. The summed E-state index contributed by atoms with van der Waals surface area (Å²) in [6.07, 6.45) is 10.9. The van der Waals surface area contributed by atoms with Crippen molar-refractivity contribution in [2.75, 3.05) is 23.3 Å². The summed E-state index contributed by atoms with van der Waals surface area (Å²) in [4.78, 5) is 24.9. The Balaban J connectivity index is 0.00000302. The zero-order valence-electron chi connectivity index (χ0n) is 22.1. The lowest BCUT2D eigenvalue weighted by atomic mass is 10.0. The third-order valence-corrected chi connectivity index (χ3v) is 9.10. The van der Waals surface area contributed by atoms with Crippen LogP contribution in [0.4, 0.5) is 10.8 Å². The summed E-state index contributed by atoms with van der Waals surface area (Å²) >= 11 is 14.9. The number of piperidine rings is 1. The van der Waals surface area contributed by atoms with Crippen LogP contribution in [-0.2, 0) is 17.8 Å².